The van der Waals surface area contributed by atoms with Crippen LogP contribution in [0.15, 0.2) is 5.10 Å². The Labute approximate surface area is 68.6 Å². The molecule has 1 heterocycles. The van der Waals surface area contributed by atoms with Crippen LogP contribution in [0.25, 0.3) is 0 Å². The van der Waals surface area contributed by atoms with Gasteiger partial charge in [-0.05, 0) is 0 Å². The van der Waals surface area contributed by atoms with E-state index in [4.69, 9.17) is 0 Å². The fourth-order valence-electron chi connectivity index (χ4n) is 0.618. The maximum atomic E-state index is 12.0. The number of hydrogen-bond donors (Lipinski definition) is 0. The molecule has 1 aliphatic rings. The Hall–Kier alpha value is -0.221. The van der Waals surface area contributed by atoms with Crippen LogP contribution < -0.4 is 0 Å². The molecule has 0 aromatic rings. The van der Waals surface area contributed by atoms with Gasteiger partial charge in [-0.25, -0.2) is 0 Å². The summed E-state index contributed by atoms with van der Waals surface area (Å²) in [6.45, 7) is 0. The Kier molecular flexibility index (Phi) is 2.44. The third-order valence-electron chi connectivity index (χ3n) is 1.16. The van der Waals surface area contributed by atoms with Crippen molar-refractivity contribution in [3.63, 3.8) is 0 Å². The van der Waals surface area contributed by atoms with E-state index in [0.717, 1.165) is 6.21 Å². The van der Waals surface area contributed by atoms with Crippen LogP contribution in [0.3, 0.4) is 0 Å². The van der Waals surface area contributed by atoms with Crippen LogP contribution in [0.2, 0.25) is 4.82 Å². The zero-order chi connectivity index (χ0) is 8.48. The van der Waals surface area contributed by atoms with Crippen molar-refractivity contribution in [2.24, 2.45) is 5.10 Å². The van der Waals surface area contributed by atoms with Crippen molar-refractivity contribution in [3.8, 4) is 0 Å². The van der Waals surface area contributed by atoms with Gasteiger partial charge >= 0.3 is 67.9 Å². The SMILES string of the molecule is CN1C[Se]C(C(F)(F)F)C=N1. The van der Waals surface area contributed by atoms with E-state index in [-0.39, 0.29) is 0 Å². The van der Waals surface area contributed by atoms with Gasteiger partial charge in [0.1, 0.15) is 0 Å². The molecule has 64 valence electrons. The van der Waals surface area contributed by atoms with Gasteiger partial charge in [0, 0.05) is 0 Å². The van der Waals surface area contributed by atoms with Gasteiger partial charge in [-0.15, -0.1) is 0 Å². The molecule has 1 rings (SSSR count). The van der Waals surface area contributed by atoms with Gasteiger partial charge < -0.3 is 0 Å². The van der Waals surface area contributed by atoms with Crippen LogP contribution in [-0.2, 0) is 0 Å². The van der Waals surface area contributed by atoms with Gasteiger partial charge in [-0.2, -0.15) is 0 Å². The Bertz CT molecular complexity index is 168. The van der Waals surface area contributed by atoms with Crippen molar-refractivity contribution in [3.05, 3.63) is 0 Å². The van der Waals surface area contributed by atoms with Crippen LogP contribution in [0.5, 0.6) is 0 Å². The molecule has 0 N–H and O–H groups in total. The second-order valence-corrected chi connectivity index (χ2v) is 4.49. The van der Waals surface area contributed by atoms with Crippen molar-refractivity contribution in [1.29, 1.82) is 0 Å². The first-order valence-corrected chi connectivity index (χ1v) is 5.14. The van der Waals surface area contributed by atoms with Crippen molar-refractivity contribution >= 4 is 21.2 Å². The Balaban J connectivity index is 2.57. The molecule has 6 heteroatoms. The molecule has 0 fully saturated rings. The van der Waals surface area contributed by atoms with E-state index in [0.29, 0.717) is 5.44 Å². The molecule has 11 heavy (non-hydrogen) atoms. The zero-order valence-corrected chi connectivity index (χ0v) is 7.51. The standard InChI is InChI=1S/C5H7F3N2Se/c1-10-3-11-4(2-9-10)5(6,7)8/h2,4H,3H2,1H3. The summed E-state index contributed by atoms with van der Waals surface area (Å²) in [6.07, 6.45) is -3.10. The van der Waals surface area contributed by atoms with Crippen LogP contribution in [0, 0.1) is 0 Å². The molecule has 0 spiro atoms. The van der Waals surface area contributed by atoms with Crippen LogP contribution in [0.1, 0.15) is 0 Å². The van der Waals surface area contributed by atoms with Crippen LogP contribution in [0.4, 0.5) is 13.2 Å². The van der Waals surface area contributed by atoms with Gasteiger partial charge in [0.05, 0.1) is 0 Å². The van der Waals surface area contributed by atoms with Gasteiger partial charge in [-0.1, -0.05) is 0 Å². The molecule has 0 aromatic carbocycles. The minimum absolute atomic E-state index is 0.422. The molecule has 0 amide bonds. The topological polar surface area (TPSA) is 15.6 Å². The Morgan fingerprint density at radius 3 is 2.64 bits per heavy atom. The molecule has 0 aliphatic carbocycles. The van der Waals surface area contributed by atoms with Gasteiger partial charge in [0.15, 0.2) is 0 Å². The molecule has 1 aliphatic heterocycles. The van der Waals surface area contributed by atoms with Crippen molar-refractivity contribution in [2.75, 3.05) is 12.5 Å². The number of alkyl halides is 3. The number of nitrogens with zero attached hydrogens (tertiary/aromatic N) is 2. The summed E-state index contributed by atoms with van der Waals surface area (Å²) in [4.78, 5) is -1.29. The monoisotopic (exact) mass is 232 g/mol. The van der Waals surface area contributed by atoms with Crippen molar-refractivity contribution in [2.45, 2.75) is 11.0 Å². The molecule has 0 radical (unpaired) electrons. The van der Waals surface area contributed by atoms with E-state index in [1.807, 2.05) is 0 Å². The third kappa shape index (κ3) is 2.38. The summed E-state index contributed by atoms with van der Waals surface area (Å²) in [5.41, 5.74) is 0.438. The first kappa shape index (κ1) is 8.87. The van der Waals surface area contributed by atoms with Gasteiger partial charge in [0.2, 0.25) is 0 Å². The van der Waals surface area contributed by atoms with E-state index in [1.165, 1.54) is 5.01 Å². The Morgan fingerprint density at radius 2 is 2.27 bits per heavy atom. The molecule has 0 saturated carbocycles. The third-order valence-corrected chi connectivity index (χ3v) is 3.83. The second-order valence-electron chi connectivity index (χ2n) is 2.18. The van der Waals surface area contributed by atoms with Crippen LogP contribution in [-0.4, -0.2) is 44.8 Å². The molecule has 1 unspecified atom stereocenters. The Morgan fingerprint density at radius 1 is 1.64 bits per heavy atom. The number of rotatable bonds is 0. The van der Waals surface area contributed by atoms with Gasteiger partial charge in [0.25, 0.3) is 0 Å². The number of hydrazone groups is 1. The van der Waals surface area contributed by atoms with Crippen molar-refractivity contribution < 1.29 is 13.2 Å². The van der Waals surface area contributed by atoms with E-state index >= 15 is 0 Å². The molecule has 0 aromatic heterocycles. The molecule has 1 atom stereocenters. The van der Waals surface area contributed by atoms with E-state index < -0.39 is 25.9 Å². The first-order valence-electron chi connectivity index (χ1n) is 2.93. The summed E-state index contributed by atoms with van der Waals surface area (Å²) in [7, 11) is 1.67. The first-order chi connectivity index (χ1) is 5.00. The quantitative estimate of drug-likeness (QED) is 0.566. The molecule has 0 saturated heterocycles. The maximum absolute atomic E-state index is 12.0. The average molecular weight is 231 g/mol. The minimum atomic E-state index is -4.09. The number of halogens is 3. The molecule has 0 bridgehead atoms. The summed E-state index contributed by atoms with van der Waals surface area (Å²) in [5.74, 6) is 0. The molecular formula is C5H7F3N2Se. The van der Waals surface area contributed by atoms with Crippen molar-refractivity contribution in [1.82, 2.24) is 5.01 Å². The zero-order valence-electron chi connectivity index (χ0n) is 5.80. The second kappa shape index (κ2) is 3.03. The number of hydrogen-bond acceptors (Lipinski definition) is 2. The summed E-state index contributed by atoms with van der Waals surface area (Å²) >= 11 is -0.422. The van der Waals surface area contributed by atoms with E-state index in [9.17, 15) is 13.2 Å². The predicted molar refractivity (Wildman–Crippen MR) is 36.7 cm³/mol. The van der Waals surface area contributed by atoms with E-state index in [1.54, 1.807) is 7.05 Å². The summed E-state index contributed by atoms with van der Waals surface area (Å²) < 4.78 is 35.9. The average Bonchev–Trinajstić information content (AvgIpc) is 1.86. The van der Waals surface area contributed by atoms with Gasteiger partial charge in [-0.3, -0.25) is 0 Å². The summed E-state index contributed by atoms with van der Waals surface area (Å²) in [6, 6.07) is 0. The normalized spacial score (nSPS) is 25.8. The molecule has 2 nitrogen and oxygen atoms in total. The van der Waals surface area contributed by atoms with Crippen LogP contribution >= 0.6 is 0 Å². The predicted octanol–water partition coefficient (Wildman–Crippen LogP) is 0.930. The van der Waals surface area contributed by atoms with E-state index in [2.05, 4.69) is 5.10 Å². The fraction of sp³-hybridized carbons (Fsp3) is 0.800. The fourth-order valence-corrected chi connectivity index (χ4v) is 2.24. The summed E-state index contributed by atoms with van der Waals surface area (Å²) in [5, 5.41) is 5.11. The molecular weight excluding hydrogens is 224 g/mol.